The molecule has 1 aliphatic rings. The van der Waals surface area contributed by atoms with Crippen molar-refractivity contribution in [2.75, 3.05) is 37.5 Å². The number of aromatic nitrogens is 3. The summed E-state index contributed by atoms with van der Waals surface area (Å²) in [4.78, 5) is 47.6. The maximum Gasteiger partial charge on any atom is 0.261 e. The number of piperidine rings is 1. The Balaban J connectivity index is 1.32. The molecule has 1 aromatic carbocycles. The second-order valence-electron chi connectivity index (χ2n) is 8.71. The molecular weight excluding hydrogens is 464 g/mol. The SMILES string of the molecule is COc1cc2ncn(CCCC(=O)Nc3ccc(N4CCCC(C(N)=O)C4)nc3)c(=O)c2cc1OC. The van der Waals surface area contributed by atoms with Crippen molar-refractivity contribution in [2.24, 2.45) is 11.7 Å². The van der Waals surface area contributed by atoms with E-state index in [9.17, 15) is 14.4 Å². The zero-order valence-electron chi connectivity index (χ0n) is 20.4. The van der Waals surface area contributed by atoms with E-state index in [2.05, 4.69) is 15.3 Å². The van der Waals surface area contributed by atoms with E-state index in [4.69, 9.17) is 15.2 Å². The molecule has 2 amide bonds. The molecule has 0 bridgehead atoms. The van der Waals surface area contributed by atoms with E-state index >= 15 is 0 Å². The Bertz CT molecular complexity index is 1310. The van der Waals surface area contributed by atoms with Gasteiger partial charge in [-0.1, -0.05) is 0 Å². The number of carbonyl (C=O) groups is 2. The lowest BCUT2D eigenvalue weighted by Gasteiger charge is -2.32. The van der Waals surface area contributed by atoms with Gasteiger partial charge in [-0.25, -0.2) is 9.97 Å². The van der Waals surface area contributed by atoms with Crippen LogP contribution >= 0.6 is 0 Å². The number of carbonyl (C=O) groups excluding carboxylic acids is 2. The number of hydrogen-bond acceptors (Lipinski definition) is 8. The predicted octanol–water partition coefficient (Wildman–Crippen LogP) is 1.93. The number of nitrogens with two attached hydrogens (primary N) is 1. The number of aryl methyl sites for hydroxylation is 1. The number of hydrogen-bond donors (Lipinski definition) is 2. The number of pyridine rings is 1. The molecule has 11 heteroatoms. The van der Waals surface area contributed by atoms with Crippen LogP contribution in [0.2, 0.25) is 0 Å². The number of anilines is 2. The first kappa shape index (κ1) is 25.0. The third-order valence-corrected chi connectivity index (χ3v) is 6.31. The molecule has 0 spiro atoms. The van der Waals surface area contributed by atoms with Gasteiger partial charge in [0, 0.05) is 32.1 Å². The lowest BCUT2D eigenvalue weighted by Crippen LogP contribution is -2.41. The molecule has 36 heavy (non-hydrogen) atoms. The molecule has 1 aliphatic heterocycles. The molecule has 4 rings (SSSR count). The number of amides is 2. The van der Waals surface area contributed by atoms with E-state index in [1.165, 1.54) is 25.1 Å². The molecule has 0 radical (unpaired) electrons. The van der Waals surface area contributed by atoms with Crippen LogP contribution < -0.4 is 31.0 Å². The van der Waals surface area contributed by atoms with Crippen LogP contribution in [0.1, 0.15) is 25.7 Å². The van der Waals surface area contributed by atoms with Gasteiger partial charge in [0.25, 0.3) is 5.56 Å². The molecule has 1 saturated heterocycles. The monoisotopic (exact) mass is 494 g/mol. The Kier molecular flexibility index (Phi) is 7.67. The molecule has 3 N–H and O–H groups in total. The van der Waals surface area contributed by atoms with Crippen molar-refractivity contribution in [2.45, 2.75) is 32.2 Å². The lowest BCUT2D eigenvalue weighted by molar-refractivity contribution is -0.122. The van der Waals surface area contributed by atoms with E-state index in [0.29, 0.717) is 47.6 Å². The van der Waals surface area contributed by atoms with Gasteiger partial charge in [0.05, 0.1) is 49.3 Å². The van der Waals surface area contributed by atoms with E-state index in [-0.39, 0.29) is 29.7 Å². The minimum absolute atomic E-state index is 0.171. The smallest absolute Gasteiger partial charge is 0.261 e. The summed E-state index contributed by atoms with van der Waals surface area (Å²) in [6.07, 6.45) is 5.43. The average Bonchev–Trinajstić information content (AvgIpc) is 2.89. The minimum Gasteiger partial charge on any atom is -0.493 e. The van der Waals surface area contributed by atoms with Crippen LogP contribution in [0.5, 0.6) is 11.5 Å². The molecule has 3 aromatic rings. The Morgan fingerprint density at radius 2 is 1.94 bits per heavy atom. The Morgan fingerprint density at radius 3 is 2.64 bits per heavy atom. The third kappa shape index (κ3) is 5.56. The molecule has 0 saturated carbocycles. The normalized spacial score (nSPS) is 15.5. The van der Waals surface area contributed by atoms with E-state index in [1.807, 2.05) is 11.0 Å². The van der Waals surface area contributed by atoms with Gasteiger partial charge in [-0.3, -0.25) is 19.0 Å². The summed E-state index contributed by atoms with van der Waals surface area (Å²) in [7, 11) is 3.03. The van der Waals surface area contributed by atoms with Gasteiger partial charge in [0.2, 0.25) is 11.8 Å². The molecule has 1 unspecified atom stereocenters. The summed E-state index contributed by atoms with van der Waals surface area (Å²) < 4.78 is 12.0. The maximum atomic E-state index is 12.9. The Hall–Kier alpha value is -4.15. The fraction of sp³-hybridized carbons (Fsp3) is 0.400. The fourth-order valence-corrected chi connectivity index (χ4v) is 4.34. The molecule has 1 atom stereocenters. The number of nitrogens with one attached hydrogen (secondary N) is 1. The van der Waals surface area contributed by atoms with Gasteiger partial charge >= 0.3 is 0 Å². The Labute approximate surface area is 208 Å². The quantitative estimate of drug-likeness (QED) is 0.460. The summed E-state index contributed by atoms with van der Waals surface area (Å²) in [5.41, 5.74) is 6.34. The summed E-state index contributed by atoms with van der Waals surface area (Å²) in [6.45, 7) is 1.71. The van der Waals surface area contributed by atoms with E-state index in [0.717, 1.165) is 25.2 Å². The van der Waals surface area contributed by atoms with Crippen molar-refractivity contribution in [3.05, 3.63) is 47.1 Å². The molecule has 11 nitrogen and oxygen atoms in total. The molecule has 2 aromatic heterocycles. The zero-order chi connectivity index (χ0) is 25.7. The highest BCUT2D eigenvalue weighted by atomic mass is 16.5. The number of benzene rings is 1. The average molecular weight is 495 g/mol. The topological polar surface area (TPSA) is 142 Å². The maximum absolute atomic E-state index is 12.9. The number of primary amides is 1. The molecule has 0 aliphatic carbocycles. The first-order chi connectivity index (χ1) is 17.4. The second kappa shape index (κ2) is 11.1. The lowest BCUT2D eigenvalue weighted by atomic mass is 9.97. The van der Waals surface area contributed by atoms with Crippen LogP contribution in [0.4, 0.5) is 11.5 Å². The van der Waals surface area contributed by atoms with Gasteiger partial charge in [-0.05, 0) is 37.5 Å². The first-order valence-electron chi connectivity index (χ1n) is 11.8. The van der Waals surface area contributed by atoms with Crippen molar-refractivity contribution in [1.29, 1.82) is 0 Å². The van der Waals surface area contributed by atoms with E-state index < -0.39 is 0 Å². The molecule has 1 fully saturated rings. The molecule has 190 valence electrons. The van der Waals surface area contributed by atoms with Crippen LogP contribution in [-0.4, -0.2) is 53.7 Å². The fourth-order valence-electron chi connectivity index (χ4n) is 4.34. The van der Waals surface area contributed by atoms with Crippen molar-refractivity contribution in [1.82, 2.24) is 14.5 Å². The summed E-state index contributed by atoms with van der Waals surface area (Å²) in [5, 5.41) is 3.25. The highest BCUT2D eigenvalue weighted by molar-refractivity contribution is 5.90. The number of rotatable bonds is 9. The first-order valence-corrected chi connectivity index (χ1v) is 11.8. The summed E-state index contributed by atoms with van der Waals surface area (Å²) in [5.74, 6) is 1.06. The van der Waals surface area contributed by atoms with Gasteiger partial charge < -0.3 is 25.4 Å². The van der Waals surface area contributed by atoms with Crippen LogP contribution in [0, 0.1) is 5.92 Å². The highest BCUT2D eigenvalue weighted by Gasteiger charge is 2.24. The van der Waals surface area contributed by atoms with Crippen molar-refractivity contribution < 1.29 is 19.1 Å². The number of methoxy groups -OCH3 is 2. The Morgan fingerprint density at radius 1 is 1.17 bits per heavy atom. The zero-order valence-corrected chi connectivity index (χ0v) is 20.4. The van der Waals surface area contributed by atoms with Crippen molar-refractivity contribution in [3.8, 4) is 11.5 Å². The van der Waals surface area contributed by atoms with Crippen LogP contribution in [0.3, 0.4) is 0 Å². The summed E-state index contributed by atoms with van der Waals surface area (Å²) >= 11 is 0. The van der Waals surface area contributed by atoms with E-state index in [1.54, 1.807) is 24.4 Å². The molecule has 3 heterocycles. The van der Waals surface area contributed by atoms with Crippen LogP contribution in [-0.2, 0) is 16.1 Å². The van der Waals surface area contributed by atoms with Crippen molar-refractivity contribution in [3.63, 3.8) is 0 Å². The highest BCUT2D eigenvalue weighted by Crippen LogP contribution is 2.29. The number of nitrogens with zero attached hydrogens (tertiary/aromatic N) is 4. The van der Waals surface area contributed by atoms with Gasteiger partial charge in [0.15, 0.2) is 11.5 Å². The van der Waals surface area contributed by atoms with Crippen LogP contribution in [0.15, 0.2) is 41.6 Å². The third-order valence-electron chi connectivity index (χ3n) is 6.31. The van der Waals surface area contributed by atoms with Gasteiger partial charge in [0.1, 0.15) is 5.82 Å². The minimum atomic E-state index is -0.287. The van der Waals surface area contributed by atoms with Crippen LogP contribution in [0.25, 0.3) is 10.9 Å². The molecular formula is C25H30N6O5. The number of fused-ring (bicyclic) bond motifs is 1. The van der Waals surface area contributed by atoms with Gasteiger partial charge in [-0.15, -0.1) is 0 Å². The second-order valence-corrected chi connectivity index (χ2v) is 8.71. The summed E-state index contributed by atoms with van der Waals surface area (Å²) in [6, 6.07) is 6.88. The number of ether oxygens (including phenoxy) is 2. The standard InChI is InChI=1S/C25H30N6O5/c1-35-20-11-18-19(12-21(20)36-2)28-15-31(25(18)34)10-4-6-23(32)29-17-7-8-22(27-13-17)30-9-3-5-16(14-30)24(26)33/h7-8,11-13,15-16H,3-6,9-10,14H2,1-2H3,(H2,26,33)(H,29,32). The largest absolute Gasteiger partial charge is 0.493 e. The predicted molar refractivity (Wildman–Crippen MR) is 135 cm³/mol. The van der Waals surface area contributed by atoms with Gasteiger partial charge in [-0.2, -0.15) is 0 Å². The van der Waals surface area contributed by atoms with Crippen molar-refractivity contribution >= 4 is 34.2 Å².